The lowest BCUT2D eigenvalue weighted by Gasteiger charge is -2.49. The van der Waals surface area contributed by atoms with Gasteiger partial charge in [0.15, 0.2) is 10.0 Å². The number of thioether (sulfide) groups is 2. The highest BCUT2D eigenvalue weighted by Gasteiger charge is 2.54. The van der Waals surface area contributed by atoms with E-state index >= 15 is 0 Å². The van der Waals surface area contributed by atoms with Gasteiger partial charge in [-0.25, -0.2) is 4.79 Å². The summed E-state index contributed by atoms with van der Waals surface area (Å²) in [7, 11) is 1.17. The minimum absolute atomic E-state index is 0.158. The van der Waals surface area contributed by atoms with Crippen molar-refractivity contribution in [2.75, 3.05) is 11.5 Å². The van der Waals surface area contributed by atoms with Crippen molar-refractivity contribution >= 4 is 68.6 Å². The van der Waals surface area contributed by atoms with Gasteiger partial charge >= 0.3 is 12.1 Å². The molecular weight excluding hydrogens is 585 g/mol. The van der Waals surface area contributed by atoms with Gasteiger partial charge in [-0.1, -0.05) is 23.1 Å². The number of amides is 2. The third-order valence-electron chi connectivity index (χ3n) is 4.89. The Labute approximate surface area is 210 Å². The fourth-order valence-corrected chi connectivity index (χ4v) is 7.46. The zero-order chi connectivity index (χ0) is 24.9. The van der Waals surface area contributed by atoms with Crippen LogP contribution < -0.4 is 5.32 Å². The Bertz CT molecular complexity index is 1230. The first-order valence-electron chi connectivity index (χ1n) is 9.33. The molecule has 0 unspecified atom stereocenters. The molecule has 2 N–H and O–H groups in total. The summed E-state index contributed by atoms with van der Waals surface area (Å²) in [5.41, 5.74) is -1.31. The molecule has 2 amide bonds. The molecule has 2 aromatic rings. The van der Waals surface area contributed by atoms with Gasteiger partial charge in [-0.2, -0.15) is 18.3 Å². The normalized spacial score (nSPS) is 20.3. The third kappa shape index (κ3) is 4.45. The van der Waals surface area contributed by atoms with E-state index in [1.165, 1.54) is 41.9 Å². The first kappa shape index (κ1) is 25.0. The summed E-state index contributed by atoms with van der Waals surface area (Å²) in [6, 6.07) is -1.09. The number of carbonyl (C=O) groups excluding carboxylic acids is 2. The molecule has 0 saturated carbocycles. The number of carboxylic acids is 1. The van der Waals surface area contributed by atoms with E-state index in [1.54, 1.807) is 6.92 Å². The zero-order valence-electron chi connectivity index (χ0n) is 17.2. The Hall–Kier alpha value is -2.11. The second-order valence-electron chi connectivity index (χ2n) is 7.13. The van der Waals surface area contributed by atoms with Crippen molar-refractivity contribution in [1.82, 2.24) is 30.2 Å². The number of fused-ring (bicyclic) bond motifs is 1. The maximum Gasteiger partial charge on any atom is 0.436 e. The van der Waals surface area contributed by atoms with Crippen LogP contribution in [0.1, 0.15) is 21.2 Å². The van der Waals surface area contributed by atoms with Crippen LogP contribution in [-0.4, -0.2) is 70.7 Å². The van der Waals surface area contributed by atoms with Gasteiger partial charge in [0.1, 0.15) is 27.8 Å². The number of carboxylic acid groups (broad SMARTS) is 1. The molecule has 1 saturated heterocycles. The lowest BCUT2D eigenvalue weighted by Crippen LogP contribution is -2.70. The van der Waals surface area contributed by atoms with Crippen molar-refractivity contribution in [3.63, 3.8) is 0 Å². The van der Waals surface area contributed by atoms with Gasteiger partial charge in [0.2, 0.25) is 0 Å². The van der Waals surface area contributed by atoms with E-state index in [-0.39, 0.29) is 5.70 Å². The van der Waals surface area contributed by atoms with Crippen molar-refractivity contribution < 1.29 is 32.7 Å². The lowest BCUT2D eigenvalue weighted by atomic mass is 10.0. The van der Waals surface area contributed by atoms with Crippen molar-refractivity contribution in [1.29, 1.82) is 0 Å². The van der Waals surface area contributed by atoms with Crippen LogP contribution >= 0.6 is 50.8 Å². The number of rotatable bonds is 6. The molecule has 0 aliphatic carbocycles. The van der Waals surface area contributed by atoms with Gasteiger partial charge in [0.05, 0.1) is 4.47 Å². The van der Waals surface area contributed by atoms with Gasteiger partial charge in [-0.15, -0.1) is 22.0 Å². The first-order chi connectivity index (χ1) is 15.9. The van der Waals surface area contributed by atoms with Crippen molar-refractivity contribution in [2.45, 2.75) is 28.9 Å². The number of hydrogen-bond donors (Lipinski definition) is 2. The number of alkyl halides is 3. The first-order valence-corrected chi connectivity index (χ1v) is 13.0. The van der Waals surface area contributed by atoms with E-state index in [2.05, 4.69) is 36.5 Å². The molecule has 0 bridgehead atoms. The van der Waals surface area contributed by atoms with E-state index in [4.69, 9.17) is 0 Å². The molecular formula is C17H14BrF3N6O4S3. The largest absolute Gasteiger partial charge is 0.477 e. The van der Waals surface area contributed by atoms with Gasteiger partial charge in [-0.3, -0.25) is 19.2 Å². The van der Waals surface area contributed by atoms with E-state index in [9.17, 15) is 32.7 Å². The van der Waals surface area contributed by atoms with Crippen LogP contribution in [0.5, 0.6) is 0 Å². The fraction of sp³-hybridized carbons (Fsp3) is 0.412. The van der Waals surface area contributed by atoms with Crippen LogP contribution in [0.4, 0.5) is 13.2 Å². The van der Waals surface area contributed by atoms with Gasteiger partial charge in [0.25, 0.3) is 11.8 Å². The lowest BCUT2D eigenvalue weighted by molar-refractivity contribution is -0.148. The van der Waals surface area contributed by atoms with E-state index in [0.717, 1.165) is 14.6 Å². The van der Waals surface area contributed by atoms with Crippen LogP contribution in [0.3, 0.4) is 0 Å². The van der Waals surface area contributed by atoms with Crippen molar-refractivity contribution in [2.24, 2.45) is 7.05 Å². The zero-order valence-corrected chi connectivity index (χ0v) is 21.2. The summed E-state index contributed by atoms with van der Waals surface area (Å²) in [5.74, 6) is -2.30. The number of aliphatic carboxylic acids is 1. The van der Waals surface area contributed by atoms with E-state index < -0.39 is 51.2 Å². The molecule has 2 aliphatic heterocycles. The highest BCUT2D eigenvalue weighted by atomic mass is 79.9. The number of aromatic nitrogens is 4. The minimum atomic E-state index is -4.78. The van der Waals surface area contributed by atoms with Crippen LogP contribution in [-0.2, 0) is 22.8 Å². The van der Waals surface area contributed by atoms with Gasteiger partial charge in [-0.05, 0) is 28.4 Å². The van der Waals surface area contributed by atoms with Crippen LogP contribution in [0, 0.1) is 6.92 Å². The number of nitrogens with one attached hydrogen (secondary N) is 1. The predicted octanol–water partition coefficient (Wildman–Crippen LogP) is 2.51. The second-order valence-corrected chi connectivity index (χ2v) is 11.4. The fourth-order valence-electron chi connectivity index (χ4n) is 3.42. The molecule has 0 radical (unpaired) electrons. The van der Waals surface area contributed by atoms with Gasteiger partial charge in [0, 0.05) is 18.6 Å². The standard InChI is InChI=1S/C17H14BrF3N6O4S3/c1-5-23-24-16(34-5)33-4-6-3-32-14-8(13(29)27(14)9(6)15(30)31)22-12(28)10-7(18)11(17(19,20)21)25-26(10)2/h8,14H,3-4H2,1-2H3,(H,22,28)(H,30,31)/t8-,14-/m0/s1. The Kier molecular flexibility index (Phi) is 6.73. The van der Waals surface area contributed by atoms with Crippen molar-refractivity contribution in [3.8, 4) is 0 Å². The number of hydrogen-bond acceptors (Lipinski definition) is 9. The third-order valence-corrected chi connectivity index (χ3v) is 9.04. The minimum Gasteiger partial charge on any atom is -0.477 e. The molecule has 2 aromatic heterocycles. The molecule has 0 spiro atoms. The average molecular weight is 599 g/mol. The van der Waals surface area contributed by atoms with Crippen LogP contribution in [0.15, 0.2) is 20.1 Å². The molecule has 34 heavy (non-hydrogen) atoms. The summed E-state index contributed by atoms with van der Waals surface area (Å²) >= 11 is 6.70. The summed E-state index contributed by atoms with van der Waals surface area (Å²) in [6.07, 6.45) is -4.78. The molecule has 10 nitrogen and oxygen atoms in total. The average Bonchev–Trinajstić information content (AvgIpc) is 3.31. The molecule has 4 heterocycles. The van der Waals surface area contributed by atoms with E-state index in [0.29, 0.717) is 21.4 Å². The molecule has 2 atom stereocenters. The van der Waals surface area contributed by atoms with E-state index in [1.807, 2.05) is 0 Å². The predicted molar refractivity (Wildman–Crippen MR) is 120 cm³/mol. The highest BCUT2D eigenvalue weighted by molar-refractivity contribution is 9.10. The number of aryl methyl sites for hydroxylation is 2. The summed E-state index contributed by atoms with van der Waals surface area (Å²) in [6.45, 7) is 1.80. The molecule has 17 heteroatoms. The number of halogens is 4. The molecule has 4 rings (SSSR count). The number of nitrogens with zero attached hydrogens (tertiary/aromatic N) is 5. The maximum absolute atomic E-state index is 13.1. The quantitative estimate of drug-likeness (QED) is 0.380. The summed E-state index contributed by atoms with van der Waals surface area (Å²) < 4.78 is 40.1. The molecule has 1 fully saturated rings. The Morgan fingerprint density at radius 1 is 1.35 bits per heavy atom. The smallest absolute Gasteiger partial charge is 0.436 e. The Morgan fingerprint density at radius 3 is 2.62 bits per heavy atom. The molecule has 2 aliphatic rings. The highest BCUT2D eigenvalue weighted by Crippen LogP contribution is 2.42. The number of carbonyl (C=O) groups is 3. The Morgan fingerprint density at radius 2 is 2.06 bits per heavy atom. The van der Waals surface area contributed by atoms with Crippen LogP contribution in [0.25, 0.3) is 0 Å². The SMILES string of the molecule is Cc1nnc(SCC2=C(C(=O)O)N3C(=O)[C@H](NC(=O)c4c(Br)c(C(F)(F)F)nn4C)[C@@H]3SC2)s1. The monoisotopic (exact) mass is 598 g/mol. The second kappa shape index (κ2) is 9.16. The topological polar surface area (TPSA) is 130 Å². The molecule has 0 aromatic carbocycles. The maximum atomic E-state index is 13.1. The summed E-state index contributed by atoms with van der Waals surface area (Å²) in [4.78, 5) is 38.5. The Balaban J connectivity index is 1.51. The summed E-state index contributed by atoms with van der Waals surface area (Å²) in [5, 5.41) is 23.5. The van der Waals surface area contributed by atoms with Crippen LogP contribution in [0.2, 0.25) is 0 Å². The molecule has 182 valence electrons. The van der Waals surface area contributed by atoms with Gasteiger partial charge < -0.3 is 10.4 Å². The van der Waals surface area contributed by atoms with Crippen molar-refractivity contribution in [3.05, 3.63) is 32.1 Å². The number of β-lactam (4-membered cyclic amide) rings is 1.